The van der Waals surface area contributed by atoms with Crippen molar-refractivity contribution in [2.45, 2.75) is 25.9 Å². The van der Waals surface area contributed by atoms with Crippen molar-refractivity contribution in [2.75, 3.05) is 13.2 Å². The largest absolute Gasteiger partial charge is 0.493 e. The lowest BCUT2D eigenvalue weighted by molar-refractivity contribution is -0.147. The molecule has 0 heterocycles. The predicted octanol–water partition coefficient (Wildman–Crippen LogP) is 0.716. The molecule has 0 spiro atoms. The molecule has 3 N–H and O–H groups in total. The highest BCUT2D eigenvalue weighted by molar-refractivity contribution is 5.76. The summed E-state index contributed by atoms with van der Waals surface area (Å²) >= 11 is 0. The molecule has 0 aliphatic rings. The van der Waals surface area contributed by atoms with E-state index in [1.54, 1.807) is 0 Å². The number of hydrogen-bond acceptors (Lipinski definition) is 4. The zero-order valence-electron chi connectivity index (χ0n) is 11.3. The number of nitrogens with one attached hydrogen (secondary N) is 1. The first-order valence-corrected chi connectivity index (χ1v) is 6.36. The van der Waals surface area contributed by atoms with Gasteiger partial charge in [-0.15, -0.1) is 0 Å². The van der Waals surface area contributed by atoms with Gasteiger partial charge in [0.1, 0.15) is 5.75 Å². The number of carbonyl (C=O) groups is 2. The van der Waals surface area contributed by atoms with Crippen LogP contribution in [0, 0.1) is 6.92 Å². The number of aliphatic hydroxyl groups excluding tert-OH is 1. The van der Waals surface area contributed by atoms with Crippen LogP contribution >= 0.6 is 0 Å². The van der Waals surface area contributed by atoms with E-state index in [0.29, 0.717) is 5.75 Å². The minimum Gasteiger partial charge on any atom is -0.493 e. The Morgan fingerprint density at radius 1 is 1.30 bits per heavy atom. The van der Waals surface area contributed by atoms with Crippen LogP contribution in [0.3, 0.4) is 0 Å². The fraction of sp³-hybridized carbons (Fsp3) is 0.429. The lowest BCUT2D eigenvalue weighted by atomic mass is 10.2. The van der Waals surface area contributed by atoms with E-state index in [1.807, 2.05) is 31.2 Å². The van der Waals surface area contributed by atoms with E-state index in [2.05, 4.69) is 5.32 Å². The first-order chi connectivity index (χ1) is 9.49. The molecule has 1 rings (SSSR count). The summed E-state index contributed by atoms with van der Waals surface area (Å²) in [5.41, 5.74) is 1.13. The minimum atomic E-state index is -1.45. The first-order valence-electron chi connectivity index (χ1n) is 6.36. The summed E-state index contributed by atoms with van der Waals surface area (Å²) in [5, 5.41) is 20.0. The number of ether oxygens (including phenoxy) is 1. The standard InChI is InChI=1S/C14H19NO5/c1-10-2-4-11(5-3-10)20-9-7-13(17)15-8-6-12(16)14(18)19/h2-5,12,16H,6-9H2,1H3,(H,15,17)(H,18,19). The van der Waals surface area contributed by atoms with Gasteiger partial charge in [-0.25, -0.2) is 4.79 Å². The van der Waals surface area contributed by atoms with E-state index in [0.717, 1.165) is 5.56 Å². The summed E-state index contributed by atoms with van der Waals surface area (Å²) in [5.74, 6) is -0.832. The van der Waals surface area contributed by atoms with Gasteiger partial charge in [0.15, 0.2) is 6.10 Å². The molecular weight excluding hydrogens is 262 g/mol. The van der Waals surface area contributed by atoms with Gasteiger partial charge >= 0.3 is 5.97 Å². The second-order valence-corrected chi connectivity index (χ2v) is 4.40. The number of carbonyl (C=O) groups excluding carboxylic acids is 1. The number of carboxylic acid groups (broad SMARTS) is 1. The van der Waals surface area contributed by atoms with Crippen LogP contribution in [0.4, 0.5) is 0 Å². The van der Waals surface area contributed by atoms with E-state index < -0.39 is 12.1 Å². The van der Waals surface area contributed by atoms with Gasteiger partial charge in [0.2, 0.25) is 5.91 Å². The summed E-state index contributed by atoms with van der Waals surface area (Å²) in [6.07, 6.45) is -1.28. The molecule has 1 unspecified atom stereocenters. The Morgan fingerprint density at radius 2 is 1.95 bits per heavy atom. The molecule has 6 heteroatoms. The second-order valence-electron chi connectivity index (χ2n) is 4.40. The highest BCUT2D eigenvalue weighted by atomic mass is 16.5. The minimum absolute atomic E-state index is 0.0140. The van der Waals surface area contributed by atoms with Crippen molar-refractivity contribution in [3.05, 3.63) is 29.8 Å². The third kappa shape index (κ3) is 6.19. The summed E-state index contributed by atoms with van der Waals surface area (Å²) < 4.78 is 5.39. The van der Waals surface area contributed by atoms with Gasteiger partial charge < -0.3 is 20.3 Å². The summed E-state index contributed by atoms with van der Waals surface area (Å²) in [7, 11) is 0. The fourth-order valence-corrected chi connectivity index (χ4v) is 1.46. The summed E-state index contributed by atoms with van der Waals surface area (Å²) in [4.78, 5) is 21.8. The van der Waals surface area contributed by atoms with Crippen LogP contribution in [0.5, 0.6) is 5.75 Å². The number of aryl methyl sites for hydroxylation is 1. The van der Waals surface area contributed by atoms with Gasteiger partial charge in [0.25, 0.3) is 0 Å². The number of benzene rings is 1. The van der Waals surface area contributed by atoms with Crippen LogP contribution in [-0.4, -0.2) is 41.3 Å². The molecule has 0 saturated carbocycles. The van der Waals surface area contributed by atoms with Gasteiger partial charge in [-0.05, 0) is 19.1 Å². The lowest BCUT2D eigenvalue weighted by Crippen LogP contribution is -2.30. The number of aliphatic carboxylic acids is 1. The first kappa shape index (κ1) is 16.0. The third-order valence-electron chi connectivity index (χ3n) is 2.64. The molecule has 0 radical (unpaired) electrons. The molecule has 1 amide bonds. The van der Waals surface area contributed by atoms with E-state index in [9.17, 15) is 9.59 Å². The molecule has 20 heavy (non-hydrogen) atoms. The van der Waals surface area contributed by atoms with Crippen molar-refractivity contribution >= 4 is 11.9 Å². The quantitative estimate of drug-likeness (QED) is 0.652. The third-order valence-corrected chi connectivity index (χ3v) is 2.64. The molecule has 1 aromatic carbocycles. The molecule has 1 aromatic rings. The van der Waals surface area contributed by atoms with Gasteiger partial charge in [-0.3, -0.25) is 4.79 Å². The van der Waals surface area contributed by atoms with Gasteiger partial charge in [0.05, 0.1) is 13.0 Å². The van der Waals surface area contributed by atoms with Crippen molar-refractivity contribution in [2.24, 2.45) is 0 Å². The van der Waals surface area contributed by atoms with Crippen LogP contribution in [0.2, 0.25) is 0 Å². The van der Waals surface area contributed by atoms with Crippen LogP contribution in [0.25, 0.3) is 0 Å². The predicted molar refractivity (Wildman–Crippen MR) is 72.6 cm³/mol. The summed E-state index contributed by atoms with van der Waals surface area (Å²) in [6.45, 7) is 2.34. The van der Waals surface area contributed by atoms with Crippen molar-refractivity contribution in [1.82, 2.24) is 5.32 Å². The van der Waals surface area contributed by atoms with Crippen LogP contribution < -0.4 is 10.1 Å². The molecule has 0 aromatic heterocycles. The topological polar surface area (TPSA) is 95.9 Å². The highest BCUT2D eigenvalue weighted by Crippen LogP contribution is 2.11. The monoisotopic (exact) mass is 281 g/mol. The van der Waals surface area contributed by atoms with Crippen LogP contribution in [0.15, 0.2) is 24.3 Å². The van der Waals surface area contributed by atoms with Crippen molar-refractivity contribution in [3.8, 4) is 5.75 Å². The van der Waals surface area contributed by atoms with E-state index in [-0.39, 0.29) is 31.9 Å². The molecule has 1 atom stereocenters. The van der Waals surface area contributed by atoms with E-state index >= 15 is 0 Å². The molecule has 0 aliphatic heterocycles. The van der Waals surface area contributed by atoms with Crippen LogP contribution in [0.1, 0.15) is 18.4 Å². The average molecular weight is 281 g/mol. The molecular formula is C14H19NO5. The number of amides is 1. The molecule has 0 fully saturated rings. The van der Waals surface area contributed by atoms with Gasteiger partial charge in [0, 0.05) is 13.0 Å². The van der Waals surface area contributed by atoms with E-state index in [1.165, 1.54) is 0 Å². The maximum absolute atomic E-state index is 11.4. The zero-order chi connectivity index (χ0) is 15.0. The molecule has 6 nitrogen and oxygen atoms in total. The van der Waals surface area contributed by atoms with Crippen molar-refractivity contribution in [1.29, 1.82) is 0 Å². The number of aliphatic hydroxyl groups is 1. The highest BCUT2D eigenvalue weighted by Gasteiger charge is 2.12. The number of rotatable bonds is 8. The molecule has 0 bridgehead atoms. The Hall–Kier alpha value is -2.08. The molecule has 0 saturated heterocycles. The van der Waals surface area contributed by atoms with Gasteiger partial charge in [-0.2, -0.15) is 0 Å². The molecule has 0 aliphatic carbocycles. The van der Waals surface area contributed by atoms with Crippen LogP contribution in [-0.2, 0) is 9.59 Å². The van der Waals surface area contributed by atoms with Crippen molar-refractivity contribution < 1.29 is 24.5 Å². The normalized spacial score (nSPS) is 11.7. The zero-order valence-corrected chi connectivity index (χ0v) is 11.3. The SMILES string of the molecule is Cc1ccc(OCCC(=O)NCCC(O)C(=O)O)cc1. The lowest BCUT2D eigenvalue weighted by Gasteiger charge is -2.08. The Morgan fingerprint density at radius 3 is 2.55 bits per heavy atom. The molecule has 110 valence electrons. The Kier molecular flexibility index (Phi) is 6.52. The average Bonchev–Trinajstić information content (AvgIpc) is 2.40. The Labute approximate surface area is 117 Å². The smallest absolute Gasteiger partial charge is 0.332 e. The number of hydrogen-bond donors (Lipinski definition) is 3. The number of carboxylic acids is 1. The maximum atomic E-state index is 11.4. The summed E-state index contributed by atoms with van der Waals surface area (Å²) in [6, 6.07) is 7.50. The fourth-order valence-electron chi connectivity index (χ4n) is 1.46. The Balaban J connectivity index is 2.14. The Bertz CT molecular complexity index is 443. The maximum Gasteiger partial charge on any atom is 0.332 e. The van der Waals surface area contributed by atoms with E-state index in [4.69, 9.17) is 14.9 Å². The second kappa shape index (κ2) is 8.16. The van der Waals surface area contributed by atoms with Crippen molar-refractivity contribution in [3.63, 3.8) is 0 Å². The van der Waals surface area contributed by atoms with Gasteiger partial charge in [-0.1, -0.05) is 17.7 Å².